The first-order valence-electron chi connectivity index (χ1n) is 4.78. The Kier molecular flexibility index (Phi) is 2.67. The van der Waals surface area contributed by atoms with Gasteiger partial charge >= 0.3 is 0 Å². The van der Waals surface area contributed by atoms with Crippen molar-refractivity contribution in [2.24, 2.45) is 11.3 Å². The zero-order chi connectivity index (χ0) is 11.1. The molecule has 1 fully saturated rings. The van der Waals surface area contributed by atoms with Gasteiger partial charge in [-0.2, -0.15) is 0 Å². The van der Waals surface area contributed by atoms with Crippen LogP contribution in [0.2, 0.25) is 0 Å². The van der Waals surface area contributed by atoms with Crippen LogP contribution in [-0.2, 0) is 9.59 Å². The van der Waals surface area contributed by atoms with Crippen molar-refractivity contribution in [1.29, 1.82) is 0 Å². The standard InChI is InChI=1S/C10H17NO3/c1-5(12)6-7(11-9(6)14)8(13)10(2,3)4/h5-7,12H,1-4H3,(H,11,14)/t5-,6-,7+/m1/s1. The molecular weight excluding hydrogens is 182 g/mol. The fourth-order valence-electron chi connectivity index (χ4n) is 1.59. The molecule has 1 amide bonds. The van der Waals surface area contributed by atoms with Crippen molar-refractivity contribution < 1.29 is 14.7 Å². The molecule has 1 heterocycles. The molecule has 0 unspecified atom stereocenters. The highest BCUT2D eigenvalue weighted by Crippen LogP contribution is 2.27. The molecule has 0 spiro atoms. The van der Waals surface area contributed by atoms with Crippen LogP contribution in [-0.4, -0.2) is 28.9 Å². The van der Waals surface area contributed by atoms with Crippen LogP contribution in [0.4, 0.5) is 0 Å². The molecular formula is C10H17NO3. The molecule has 0 aromatic rings. The third-order valence-electron chi connectivity index (χ3n) is 2.50. The van der Waals surface area contributed by atoms with Crippen LogP contribution in [0.15, 0.2) is 0 Å². The van der Waals surface area contributed by atoms with Crippen LogP contribution in [0.25, 0.3) is 0 Å². The molecule has 1 rings (SSSR count). The monoisotopic (exact) mass is 199 g/mol. The Morgan fingerprint density at radius 3 is 2.29 bits per heavy atom. The van der Waals surface area contributed by atoms with E-state index in [9.17, 15) is 14.7 Å². The SMILES string of the molecule is C[C@@H](O)[C@H]1C(=O)N[C@@H]1C(=O)C(C)(C)C. The summed E-state index contributed by atoms with van der Waals surface area (Å²) in [6.45, 7) is 6.95. The summed E-state index contributed by atoms with van der Waals surface area (Å²) in [6, 6.07) is -0.512. The van der Waals surface area contributed by atoms with Gasteiger partial charge in [0.25, 0.3) is 0 Å². The number of aliphatic hydroxyl groups is 1. The summed E-state index contributed by atoms with van der Waals surface area (Å²) in [4.78, 5) is 22.9. The van der Waals surface area contributed by atoms with E-state index in [1.165, 1.54) is 6.92 Å². The first-order valence-corrected chi connectivity index (χ1v) is 4.78. The third-order valence-corrected chi connectivity index (χ3v) is 2.50. The van der Waals surface area contributed by atoms with E-state index in [1.54, 1.807) is 20.8 Å². The van der Waals surface area contributed by atoms with E-state index in [1.807, 2.05) is 0 Å². The number of Topliss-reactive ketones (excluding diaryl/α,β-unsaturated/α-hetero) is 1. The van der Waals surface area contributed by atoms with Crippen molar-refractivity contribution in [2.45, 2.75) is 39.8 Å². The number of hydrogen-bond donors (Lipinski definition) is 2. The maximum atomic E-state index is 11.8. The Bertz CT molecular complexity index is 265. The van der Waals surface area contributed by atoms with Gasteiger partial charge in [0.2, 0.25) is 5.91 Å². The zero-order valence-corrected chi connectivity index (χ0v) is 9.00. The number of hydrogen-bond acceptors (Lipinski definition) is 3. The molecule has 0 aliphatic carbocycles. The van der Waals surface area contributed by atoms with Gasteiger partial charge in [-0.15, -0.1) is 0 Å². The number of β-lactam (4-membered cyclic amide) rings is 1. The molecule has 1 aliphatic rings. The number of aliphatic hydroxyl groups excluding tert-OH is 1. The van der Waals surface area contributed by atoms with Crippen LogP contribution in [0, 0.1) is 11.3 Å². The summed E-state index contributed by atoms with van der Waals surface area (Å²) >= 11 is 0. The highest BCUT2D eigenvalue weighted by Gasteiger charge is 2.49. The maximum absolute atomic E-state index is 11.8. The molecule has 4 nitrogen and oxygen atoms in total. The molecule has 0 aromatic heterocycles. The summed E-state index contributed by atoms with van der Waals surface area (Å²) in [5, 5.41) is 11.8. The number of carbonyl (C=O) groups is 2. The smallest absolute Gasteiger partial charge is 0.228 e. The number of ketones is 1. The molecule has 1 aliphatic heterocycles. The van der Waals surface area contributed by atoms with Gasteiger partial charge in [-0.05, 0) is 6.92 Å². The van der Waals surface area contributed by atoms with E-state index < -0.39 is 23.5 Å². The lowest BCUT2D eigenvalue weighted by Gasteiger charge is -2.40. The van der Waals surface area contributed by atoms with Crippen LogP contribution >= 0.6 is 0 Å². The Labute approximate surface area is 83.7 Å². The summed E-state index contributed by atoms with van der Waals surface area (Å²) in [6.07, 6.45) is -0.764. The summed E-state index contributed by atoms with van der Waals surface area (Å²) in [5.74, 6) is -0.827. The second-order valence-corrected chi connectivity index (χ2v) is 4.87. The van der Waals surface area contributed by atoms with Crippen molar-refractivity contribution in [3.63, 3.8) is 0 Å². The van der Waals surface area contributed by atoms with Crippen molar-refractivity contribution in [2.75, 3.05) is 0 Å². The average molecular weight is 199 g/mol. The fraction of sp³-hybridized carbons (Fsp3) is 0.800. The number of amides is 1. The number of carbonyl (C=O) groups excluding carboxylic acids is 2. The van der Waals surface area contributed by atoms with Gasteiger partial charge in [0.1, 0.15) is 6.04 Å². The molecule has 80 valence electrons. The molecule has 0 aromatic carbocycles. The van der Waals surface area contributed by atoms with Gasteiger partial charge in [0.15, 0.2) is 5.78 Å². The van der Waals surface area contributed by atoms with Crippen molar-refractivity contribution in [1.82, 2.24) is 5.32 Å². The minimum Gasteiger partial charge on any atom is -0.392 e. The molecule has 2 N–H and O–H groups in total. The molecule has 0 saturated carbocycles. The van der Waals surface area contributed by atoms with E-state index in [0.29, 0.717) is 0 Å². The van der Waals surface area contributed by atoms with Gasteiger partial charge < -0.3 is 10.4 Å². The quantitative estimate of drug-likeness (QED) is 0.620. The summed E-state index contributed by atoms with van der Waals surface area (Å²) in [5.41, 5.74) is -0.481. The normalized spacial score (nSPS) is 29.1. The van der Waals surface area contributed by atoms with E-state index in [0.717, 1.165) is 0 Å². The van der Waals surface area contributed by atoms with Crippen LogP contribution in [0.5, 0.6) is 0 Å². The largest absolute Gasteiger partial charge is 0.392 e. The zero-order valence-electron chi connectivity index (χ0n) is 9.00. The Hall–Kier alpha value is -0.900. The van der Waals surface area contributed by atoms with Gasteiger partial charge in [0.05, 0.1) is 12.0 Å². The molecule has 0 radical (unpaired) electrons. The van der Waals surface area contributed by atoms with Crippen molar-refractivity contribution >= 4 is 11.7 Å². The Morgan fingerprint density at radius 1 is 1.50 bits per heavy atom. The topological polar surface area (TPSA) is 66.4 Å². The molecule has 1 saturated heterocycles. The Balaban J connectivity index is 2.73. The van der Waals surface area contributed by atoms with Crippen molar-refractivity contribution in [3.8, 4) is 0 Å². The van der Waals surface area contributed by atoms with Crippen LogP contribution in [0.1, 0.15) is 27.7 Å². The first-order chi connectivity index (χ1) is 6.25. The first kappa shape index (κ1) is 11.2. The highest BCUT2D eigenvalue weighted by atomic mass is 16.3. The number of rotatable bonds is 2. The highest BCUT2D eigenvalue weighted by molar-refractivity contribution is 6.02. The van der Waals surface area contributed by atoms with Gasteiger partial charge in [0, 0.05) is 5.41 Å². The van der Waals surface area contributed by atoms with Crippen LogP contribution < -0.4 is 5.32 Å². The van der Waals surface area contributed by atoms with E-state index in [-0.39, 0.29) is 11.7 Å². The van der Waals surface area contributed by atoms with Gasteiger partial charge in [-0.3, -0.25) is 9.59 Å². The van der Waals surface area contributed by atoms with E-state index >= 15 is 0 Å². The average Bonchev–Trinajstić information content (AvgIpc) is 1.95. The summed E-state index contributed by atoms with van der Waals surface area (Å²) < 4.78 is 0. The minimum absolute atomic E-state index is 0.0250. The predicted molar refractivity (Wildman–Crippen MR) is 51.6 cm³/mol. The molecule has 14 heavy (non-hydrogen) atoms. The summed E-state index contributed by atoms with van der Waals surface area (Å²) in [7, 11) is 0. The lowest BCUT2D eigenvalue weighted by molar-refractivity contribution is -0.150. The second kappa shape index (κ2) is 3.35. The molecule has 3 atom stereocenters. The van der Waals surface area contributed by atoms with E-state index in [4.69, 9.17) is 0 Å². The van der Waals surface area contributed by atoms with E-state index in [2.05, 4.69) is 5.32 Å². The van der Waals surface area contributed by atoms with Gasteiger partial charge in [-0.1, -0.05) is 20.8 Å². The van der Waals surface area contributed by atoms with Crippen molar-refractivity contribution in [3.05, 3.63) is 0 Å². The third kappa shape index (κ3) is 1.80. The lowest BCUT2D eigenvalue weighted by Crippen LogP contribution is -2.66. The predicted octanol–water partition coefficient (Wildman–Crippen LogP) is 0.0970. The number of nitrogens with one attached hydrogen (secondary N) is 1. The van der Waals surface area contributed by atoms with Gasteiger partial charge in [-0.25, -0.2) is 0 Å². The Morgan fingerprint density at radius 2 is 2.00 bits per heavy atom. The van der Waals surface area contributed by atoms with Crippen LogP contribution in [0.3, 0.4) is 0 Å². The molecule has 0 bridgehead atoms. The molecule has 4 heteroatoms. The lowest BCUT2D eigenvalue weighted by atomic mass is 9.75. The second-order valence-electron chi connectivity index (χ2n) is 4.87. The fourth-order valence-corrected chi connectivity index (χ4v) is 1.59. The maximum Gasteiger partial charge on any atom is 0.228 e. The minimum atomic E-state index is -0.764.